The number of ether oxygens (including phenoxy) is 4. The van der Waals surface area contributed by atoms with Crippen molar-refractivity contribution in [2.45, 2.75) is 82.4 Å². The summed E-state index contributed by atoms with van der Waals surface area (Å²) in [5.41, 5.74) is -0.0222. The van der Waals surface area contributed by atoms with Gasteiger partial charge >= 0.3 is 11.9 Å². The third-order valence-corrected chi connectivity index (χ3v) is 6.06. The van der Waals surface area contributed by atoms with Crippen LogP contribution in [0.25, 0.3) is 0 Å². The third kappa shape index (κ3) is 3.31. The van der Waals surface area contributed by atoms with E-state index in [4.69, 9.17) is 18.9 Å². The van der Waals surface area contributed by atoms with E-state index in [1.807, 2.05) is 0 Å². The lowest BCUT2D eigenvalue weighted by atomic mass is 9.83. The lowest BCUT2D eigenvalue weighted by Crippen LogP contribution is -2.33. The van der Waals surface area contributed by atoms with E-state index in [0.717, 1.165) is 32.1 Å². The van der Waals surface area contributed by atoms with Gasteiger partial charge in [0.25, 0.3) is 0 Å². The molecule has 24 heavy (non-hydrogen) atoms. The Labute approximate surface area is 142 Å². The van der Waals surface area contributed by atoms with E-state index in [2.05, 4.69) is 6.92 Å². The molecule has 0 spiro atoms. The number of rotatable bonds is 5. The molecule has 2 aliphatic carbocycles. The molecular formula is C18H26O6. The second-order valence-electron chi connectivity index (χ2n) is 7.99. The first-order chi connectivity index (χ1) is 11.4. The highest BCUT2D eigenvalue weighted by Crippen LogP contribution is 2.49. The number of hydrogen-bond acceptors (Lipinski definition) is 6. The molecule has 4 aliphatic rings. The minimum Gasteiger partial charge on any atom is -0.463 e. The number of esters is 2. The van der Waals surface area contributed by atoms with Gasteiger partial charge in [-0.2, -0.15) is 0 Å². The van der Waals surface area contributed by atoms with E-state index in [1.165, 1.54) is 0 Å². The lowest BCUT2D eigenvalue weighted by Gasteiger charge is -2.23. The molecule has 4 rings (SSSR count). The Kier molecular flexibility index (Phi) is 4.07. The largest absolute Gasteiger partial charge is 0.463 e. The molecule has 2 aliphatic heterocycles. The van der Waals surface area contributed by atoms with Crippen molar-refractivity contribution in [2.24, 2.45) is 11.8 Å². The van der Waals surface area contributed by atoms with Gasteiger partial charge in [-0.15, -0.1) is 0 Å². The van der Waals surface area contributed by atoms with Crippen LogP contribution in [0.15, 0.2) is 0 Å². The van der Waals surface area contributed by atoms with Crippen LogP contribution in [0.2, 0.25) is 0 Å². The topological polar surface area (TPSA) is 77.7 Å². The quantitative estimate of drug-likeness (QED) is 0.563. The molecule has 134 valence electrons. The summed E-state index contributed by atoms with van der Waals surface area (Å²) >= 11 is 0. The molecule has 2 saturated carbocycles. The molecule has 0 bridgehead atoms. The summed E-state index contributed by atoms with van der Waals surface area (Å²) in [7, 11) is 0. The summed E-state index contributed by atoms with van der Waals surface area (Å²) < 4.78 is 21.8. The van der Waals surface area contributed by atoms with Gasteiger partial charge in [0.1, 0.15) is 0 Å². The van der Waals surface area contributed by atoms with Gasteiger partial charge in [0.05, 0.1) is 36.4 Å². The average molecular weight is 338 g/mol. The highest BCUT2D eigenvalue weighted by molar-refractivity contribution is 5.80. The second-order valence-corrected chi connectivity index (χ2v) is 7.99. The fourth-order valence-electron chi connectivity index (χ4n) is 4.13. The van der Waals surface area contributed by atoms with E-state index >= 15 is 0 Å². The Morgan fingerprint density at radius 2 is 2.04 bits per heavy atom. The first kappa shape index (κ1) is 16.3. The van der Waals surface area contributed by atoms with Crippen molar-refractivity contribution in [3.05, 3.63) is 0 Å². The maximum atomic E-state index is 12.2. The van der Waals surface area contributed by atoms with Crippen molar-refractivity contribution < 1.29 is 28.5 Å². The van der Waals surface area contributed by atoms with Crippen molar-refractivity contribution >= 4 is 11.9 Å². The molecule has 0 aromatic heterocycles. The molecule has 0 aromatic carbocycles. The molecule has 2 saturated heterocycles. The van der Waals surface area contributed by atoms with E-state index in [9.17, 15) is 9.59 Å². The van der Waals surface area contributed by atoms with Crippen molar-refractivity contribution in [1.29, 1.82) is 0 Å². The van der Waals surface area contributed by atoms with Gasteiger partial charge in [-0.05, 0) is 58.3 Å². The van der Waals surface area contributed by atoms with Crippen molar-refractivity contribution in [3.8, 4) is 0 Å². The fourth-order valence-corrected chi connectivity index (χ4v) is 4.13. The predicted octanol–water partition coefficient (Wildman–Crippen LogP) is 1.99. The zero-order valence-corrected chi connectivity index (χ0v) is 14.4. The number of hydrogen-bond donors (Lipinski definition) is 0. The summed E-state index contributed by atoms with van der Waals surface area (Å²) in [6.07, 6.45) is 5.54. The van der Waals surface area contributed by atoms with Gasteiger partial charge in [-0.3, -0.25) is 4.79 Å². The molecule has 0 amide bonds. The lowest BCUT2D eigenvalue weighted by molar-refractivity contribution is -0.170. The minimum absolute atomic E-state index is 0.0222. The van der Waals surface area contributed by atoms with Crippen molar-refractivity contribution in [2.75, 3.05) is 6.61 Å². The minimum atomic E-state index is -0.848. The summed E-state index contributed by atoms with van der Waals surface area (Å²) in [4.78, 5) is 24.3. The molecule has 0 radical (unpaired) electrons. The first-order valence-electron chi connectivity index (χ1n) is 9.15. The van der Waals surface area contributed by atoms with Crippen LogP contribution in [-0.2, 0) is 28.5 Å². The van der Waals surface area contributed by atoms with Crippen LogP contribution in [0, 0.1) is 11.8 Å². The van der Waals surface area contributed by atoms with Gasteiger partial charge in [0, 0.05) is 0 Å². The maximum Gasteiger partial charge on any atom is 0.347 e. The van der Waals surface area contributed by atoms with Gasteiger partial charge in [0.2, 0.25) is 0 Å². The van der Waals surface area contributed by atoms with Crippen LogP contribution in [0.4, 0.5) is 0 Å². The normalized spacial score (nSPS) is 43.8. The van der Waals surface area contributed by atoms with Crippen LogP contribution < -0.4 is 0 Å². The van der Waals surface area contributed by atoms with Gasteiger partial charge in [-0.25, -0.2) is 4.79 Å². The highest BCUT2D eigenvalue weighted by Gasteiger charge is 2.56. The van der Waals surface area contributed by atoms with Gasteiger partial charge < -0.3 is 18.9 Å². The molecule has 0 aromatic rings. The Hall–Kier alpha value is -1.14. The van der Waals surface area contributed by atoms with E-state index in [0.29, 0.717) is 31.2 Å². The van der Waals surface area contributed by atoms with Crippen LogP contribution in [0.1, 0.15) is 52.4 Å². The summed E-state index contributed by atoms with van der Waals surface area (Å²) in [6.45, 7) is 4.06. The molecule has 2 heterocycles. The van der Waals surface area contributed by atoms with Crippen LogP contribution in [-0.4, -0.2) is 48.6 Å². The number of carbonyl (C=O) groups excluding carboxylic acids is 2. The molecule has 0 N–H and O–H groups in total. The first-order valence-corrected chi connectivity index (χ1v) is 9.15. The smallest absolute Gasteiger partial charge is 0.347 e. The summed E-state index contributed by atoms with van der Waals surface area (Å²) in [5, 5.41) is 0. The Bertz CT molecular complexity index is 534. The Morgan fingerprint density at radius 1 is 1.21 bits per heavy atom. The zero-order valence-electron chi connectivity index (χ0n) is 14.4. The number of carbonyl (C=O) groups is 2. The second kappa shape index (κ2) is 5.99. The average Bonchev–Trinajstić information content (AvgIpc) is 3.45. The monoisotopic (exact) mass is 338 g/mol. The van der Waals surface area contributed by atoms with Crippen molar-refractivity contribution in [1.82, 2.24) is 0 Å². The third-order valence-electron chi connectivity index (χ3n) is 6.06. The summed E-state index contributed by atoms with van der Waals surface area (Å²) in [5.74, 6) is -0.554. The van der Waals surface area contributed by atoms with Gasteiger partial charge in [0.15, 0.2) is 6.10 Å². The van der Waals surface area contributed by atoms with E-state index < -0.39 is 12.1 Å². The summed E-state index contributed by atoms with van der Waals surface area (Å²) in [6, 6.07) is 0. The zero-order chi connectivity index (χ0) is 16.9. The molecule has 7 atom stereocenters. The Morgan fingerprint density at radius 3 is 2.79 bits per heavy atom. The molecule has 6 nitrogen and oxygen atoms in total. The van der Waals surface area contributed by atoms with Crippen LogP contribution in [0.3, 0.4) is 0 Å². The van der Waals surface area contributed by atoms with Gasteiger partial charge in [-0.1, -0.05) is 0 Å². The molecule has 6 heteroatoms. The highest BCUT2D eigenvalue weighted by atomic mass is 16.6. The van der Waals surface area contributed by atoms with Crippen LogP contribution in [0.5, 0.6) is 0 Å². The van der Waals surface area contributed by atoms with Crippen molar-refractivity contribution in [3.63, 3.8) is 0 Å². The molecule has 4 fully saturated rings. The number of fused-ring (bicyclic) bond motifs is 2. The molecular weight excluding hydrogens is 312 g/mol. The van der Waals surface area contributed by atoms with Crippen LogP contribution >= 0.6 is 0 Å². The maximum absolute atomic E-state index is 12.2. The fraction of sp³-hybridized carbons (Fsp3) is 0.889. The SMILES string of the molecule is CC(OC(=O)C1CCC2(C)OC2C1)C(=O)OCC1CCC2OC2C1. The Balaban J connectivity index is 1.18. The predicted molar refractivity (Wildman–Crippen MR) is 83.1 cm³/mol. The van der Waals surface area contributed by atoms with E-state index in [1.54, 1.807) is 6.92 Å². The number of epoxide rings is 2. The van der Waals surface area contributed by atoms with E-state index in [-0.39, 0.29) is 23.6 Å². The molecule has 7 unspecified atom stereocenters. The standard InChI is InChI=1S/C18H26O6/c1-10(16(19)21-9-11-3-4-13-14(7-11)23-13)22-17(20)12-5-6-18(2)15(8-12)24-18/h10-15H,3-9H2,1-2H3.